The maximum atomic E-state index is 11.8. The van der Waals surface area contributed by atoms with E-state index in [1.807, 2.05) is 6.92 Å². The quantitative estimate of drug-likeness (QED) is 0.699. The summed E-state index contributed by atoms with van der Waals surface area (Å²) in [6.07, 6.45) is 3.19. The molecule has 0 spiro atoms. The van der Waals surface area contributed by atoms with E-state index in [4.69, 9.17) is 11.0 Å². The van der Waals surface area contributed by atoms with Crippen LogP contribution in [0.2, 0.25) is 0 Å². The van der Waals surface area contributed by atoms with E-state index in [0.29, 0.717) is 25.4 Å². The lowest BCUT2D eigenvalue weighted by molar-refractivity contribution is -0.133. The molecule has 4 heteroatoms. The highest BCUT2D eigenvalue weighted by Crippen LogP contribution is 2.27. The molecule has 1 aliphatic carbocycles. The van der Waals surface area contributed by atoms with E-state index in [1.165, 1.54) is 0 Å². The fraction of sp³-hybridized carbons (Fsp3) is 0.800. The first-order valence-corrected chi connectivity index (χ1v) is 5.13. The van der Waals surface area contributed by atoms with Crippen LogP contribution in [-0.2, 0) is 4.79 Å². The number of hydrogen-bond donors (Lipinski definition) is 1. The summed E-state index contributed by atoms with van der Waals surface area (Å²) in [5.41, 5.74) is 5.68. The van der Waals surface area contributed by atoms with Crippen LogP contribution in [0, 0.1) is 11.3 Å². The molecule has 0 aromatic carbocycles. The van der Waals surface area contributed by atoms with Crippen LogP contribution >= 0.6 is 0 Å². The van der Waals surface area contributed by atoms with Crippen LogP contribution in [0.5, 0.6) is 0 Å². The fourth-order valence-electron chi connectivity index (χ4n) is 1.42. The summed E-state index contributed by atoms with van der Waals surface area (Å²) < 4.78 is 0. The zero-order valence-corrected chi connectivity index (χ0v) is 8.57. The van der Waals surface area contributed by atoms with E-state index in [-0.39, 0.29) is 5.91 Å². The number of carbonyl (C=O) groups excluding carboxylic acids is 1. The van der Waals surface area contributed by atoms with Gasteiger partial charge in [-0.3, -0.25) is 4.79 Å². The molecule has 1 rings (SSSR count). The van der Waals surface area contributed by atoms with Gasteiger partial charge in [0, 0.05) is 12.6 Å². The lowest BCUT2D eigenvalue weighted by atomic mass is 10.2. The van der Waals surface area contributed by atoms with Gasteiger partial charge >= 0.3 is 0 Å². The molecule has 1 saturated carbocycles. The van der Waals surface area contributed by atoms with Gasteiger partial charge in [-0.05, 0) is 19.3 Å². The Morgan fingerprint density at radius 2 is 2.36 bits per heavy atom. The summed E-state index contributed by atoms with van der Waals surface area (Å²) in [5, 5.41) is 8.48. The molecule has 1 aliphatic rings. The van der Waals surface area contributed by atoms with E-state index >= 15 is 0 Å². The predicted octanol–water partition coefficient (Wildman–Crippen LogP) is 0.628. The van der Waals surface area contributed by atoms with Gasteiger partial charge in [0.25, 0.3) is 0 Å². The Morgan fingerprint density at radius 3 is 2.79 bits per heavy atom. The standard InChI is InChI=1S/C10H17N3O/c1-2-9(12)10(14)13(7-3-6-11)8-4-5-8/h8-9H,2-5,7,12H2,1H3/t9-/m0/s1. The summed E-state index contributed by atoms with van der Waals surface area (Å²) in [6.45, 7) is 2.44. The minimum absolute atomic E-state index is 0.00486. The molecule has 0 aliphatic heterocycles. The Hall–Kier alpha value is -1.08. The monoisotopic (exact) mass is 195 g/mol. The van der Waals surface area contributed by atoms with Crippen LogP contribution in [0.15, 0.2) is 0 Å². The Kier molecular flexibility index (Phi) is 3.90. The highest BCUT2D eigenvalue weighted by Gasteiger charge is 2.33. The molecule has 0 saturated heterocycles. The van der Waals surface area contributed by atoms with E-state index in [1.54, 1.807) is 4.90 Å². The molecule has 0 bridgehead atoms. The number of rotatable bonds is 5. The zero-order chi connectivity index (χ0) is 10.6. The van der Waals surface area contributed by atoms with Crippen molar-refractivity contribution in [3.05, 3.63) is 0 Å². The fourth-order valence-corrected chi connectivity index (χ4v) is 1.42. The lowest BCUT2D eigenvalue weighted by Crippen LogP contribution is -2.44. The van der Waals surface area contributed by atoms with Crippen molar-refractivity contribution in [2.24, 2.45) is 5.73 Å². The maximum Gasteiger partial charge on any atom is 0.239 e. The minimum Gasteiger partial charge on any atom is -0.337 e. The zero-order valence-electron chi connectivity index (χ0n) is 8.57. The van der Waals surface area contributed by atoms with Crippen molar-refractivity contribution < 1.29 is 4.79 Å². The van der Waals surface area contributed by atoms with Crippen molar-refractivity contribution in [1.29, 1.82) is 5.26 Å². The Morgan fingerprint density at radius 1 is 1.71 bits per heavy atom. The highest BCUT2D eigenvalue weighted by atomic mass is 16.2. The smallest absolute Gasteiger partial charge is 0.239 e. The molecule has 0 unspecified atom stereocenters. The summed E-state index contributed by atoms with van der Waals surface area (Å²) in [4.78, 5) is 13.5. The third kappa shape index (κ3) is 2.71. The van der Waals surface area contributed by atoms with Gasteiger partial charge in [0.05, 0.1) is 18.5 Å². The second-order valence-corrected chi connectivity index (χ2v) is 3.69. The number of nitriles is 1. The van der Waals surface area contributed by atoms with E-state index in [0.717, 1.165) is 12.8 Å². The van der Waals surface area contributed by atoms with Gasteiger partial charge in [-0.2, -0.15) is 5.26 Å². The molecule has 14 heavy (non-hydrogen) atoms. The SMILES string of the molecule is CC[C@H](N)C(=O)N(CCC#N)C1CC1. The summed E-state index contributed by atoms with van der Waals surface area (Å²) in [7, 11) is 0. The maximum absolute atomic E-state index is 11.8. The normalized spacial score (nSPS) is 17.2. The lowest BCUT2D eigenvalue weighted by Gasteiger charge is -2.24. The van der Waals surface area contributed by atoms with Crippen molar-refractivity contribution >= 4 is 5.91 Å². The minimum atomic E-state index is -0.394. The predicted molar refractivity (Wildman–Crippen MR) is 53.2 cm³/mol. The average molecular weight is 195 g/mol. The van der Waals surface area contributed by atoms with Crippen molar-refractivity contribution in [2.45, 2.75) is 44.7 Å². The van der Waals surface area contributed by atoms with Crippen LogP contribution < -0.4 is 5.73 Å². The first-order chi connectivity index (χ1) is 6.70. The summed E-state index contributed by atoms with van der Waals surface area (Å²) >= 11 is 0. The molecule has 0 aromatic rings. The van der Waals surface area contributed by atoms with E-state index in [9.17, 15) is 4.79 Å². The number of hydrogen-bond acceptors (Lipinski definition) is 3. The summed E-state index contributed by atoms with van der Waals surface area (Å²) in [6, 6.07) is 2.02. The van der Waals surface area contributed by atoms with Crippen LogP contribution in [0.4, 0.5) is 0 Å². The van der Waals surface area contributed by atoms with Crippen LogP contribution in [-0.4, -0.2) is 29.4 Å². The molecule has 0 radical (unpaired) electrons. The van der Waals surface area contributed by atoms with Crippen LogP contribution in [0.25, 0.3) is 0 Å². The van der Waals surface area contributed by atoms with Gasteiger partial charge in [-0.15, -0.1) is 0 Å². The van der Waals surface area contributed by atoms with Gasteiger partial charge in [0.1, 0.15) is 0 Å². The molecule has 0 aromatic heterocycles. The average Bonchev–Trinajstić information content (AvgIpc) is 3.01. The topological polar surface area (TPSA) is 70.1 Å². The molecule has 1 atom stereocenters. The third-order valence-electron chi connectivity index (χ3n) is 2.49. The van der Waals surface area contributed by atoms with Crippen molar-refractivity contribution in [2.75, 3.05) is 6.54 Å². The Bertz CT molecular complexity index is 242. The van der Waals surface area contributed by atoms with Gasteiger partial charge in [-0.1, -0.05) is 6.92 Å². The Balaban J connectivity index is 2.49. The van der Waals surface area contributed by atoms with Gasteiger partial charge < -0.3 is 10.6 Å². The summed E-state index contributed by atoms with van der Waals surface area (Å²) in [5.74, 6) is 0.00486. The third-order valence-corrected chi connectivity index (χ3v) is 2.49. The number of nitrogens with two attached hydrogens (primary N) is 1. The highest BCUT2D eigenvalue weighted by molar-refractivity contribution is 5.82. The largest absolute Gasteiger partial charge is 0.337 e. The Labute approximate surface area is 84.7 Å². The molecule has 1 amide bonds. The van der Waals surface area contributed by atoms with E-state index < -0.39 is 6.04 Å². The second-order valence-electron chi connectivity index (χ2n) is 3.69. The van der Waals surface area contributed by atoms with Crippen molar-refractivity contribution in [1.82, 2.24) is 4.90 Å². The molecule has 1 fully saturated rings. The van der Waals surface area contributed by atoms with Crippen molar-refractivity contribution in [3.63, 3.8) is 0 Å². The molecular formula is C10H17N3O. The van der Waals surface area contributed by atoms with Gasteiger partial charge in [-0.25, -0.2) is 0 Å². The molecule has 2 N–H and O–H groups in total. The van der Waals surface area contributed by atoms with Gasteiger partial charge in [0.15, 0.2) is 0 Å². The first-order valence-electron chi connectivity index (χ1n) is 5.13. The number of carbonyl (C=O) groups is 1. The molecule has 78 valence electrons. The first kappa shape index (κ1) is 11.0. The second kappa shape index (κ2) is 4.97. The number of nitrogens with zero attached hydrogens (tertiary/aromatic N) is 2. The molecular weight excluding hydrogens is 178 g/mol. The van der Waals surface area contributed by atoms with Crippen LogP contribution in [0.3, 0.4) is 0 Å². The van der Waals surface area contributed by atoms with Crippen LogP contribution in [0.1, 0.15) is 32.6 Å². The van der Waals surface area contributed by atoms with E-state index in [2.05, 4.69) is 6.07 Å². The van der Waals surface area contributed by atoms with Gasteiger partial charge in [0.2, 0.25) is 5.91 Å². The molecule has 0 heterocycles. The number of amides is 1. The van der Waals surface area contributed by atoms with Crippen molar-refractivity contribution in [3.8, 4) is 6.07 Å². The molecule has 4 nitrogen and oxygen atoms in total.